The predicted molar refractivity (Wildman–Crippen MR) is 79.6 cm³/mol. The van der Waals surface area contributed by atoms with E-state index in [0.29, 0.717) is 17.2 Å². The molecule has 3 unspecified atom stereocenters. The molecule has 1 fully saturated rings. The number of ketones is 1. The van der Waals surface area contributed by atoms with E-state index in [4.69, 9.17) is 9.47 Å². The van der Waals surface area contributed by atoms with E-state index in [1.807, 2.05) is 6.07 Å². The van der Waals surface area contributed by atoms with Crippen LogP contribution in [0.25, 0.3) is 0 Å². The fourth-order valence-electron chi connectivity index (χ4n) is 2.80. The Morgan fingerprint density at radius 2 is 1.95 bits per heavy atom. The number of methoxy groups -OCH3 is 1. The molecule has 20 heavy (non-hydrogen) atoms. The summed E-state index contributed by atoms with van der Waals surface area (Å²) in [7, 11) is 1.62. The average molecular weight is 276 g/mol. The zero-order valence-corrected chi connectivity index (χ0v) is 12.8. The van der Waals surface area contributed by atoms with Gasteiger partial charge in [0.05, 0.1) is 18.8 Å². The third-order valence-electron chi connectivity index (χ3n) is 4.41. The summed E-state index contributed by atoms with van der Waals surface area (Å²) in [5.41, 5.74) is 0.636. The number of carbonyl (C=O) groups is 1. The number of carbonyl (C=O) groups excluding carboxylic acids is 1. The monoisotopic (exact) mass is 276 g/mol. The highest BCUT2D eigenvalue weighted by molar-refractivity contribution is 5.97. The van der Waals surface area contributed by atoms with Gasteiger partial charge in [0, 0.05) is 6.07 Å². The van der Waals surface area contributed by atoms with Crippen molar-refractivity contribution in [1.82, 2.24) is 0 Å². The van der Waals surface area contributed by atoms with Crippen LogP contribution >= 0.6 is 0 Å². The van der Waals surface area contributed by atoms with Gasteiger partial charge in [-0.2, -0.15) is 0 Å². The molecule has 110 valence electrons. The number of rotatable bonds is 4. The quantitative estimate of drug-likeness (QED) is 0.777. The van der Waals surface area contributed by atoms with E-state index in [1.165, 1.54) is 6.42 Å². The molecule has 3 nitrogen and oxygen atoms in total. The maximum Gasteiger partial charge on any atom is 0.163 e. The minimum absolute atomic E-state index is 0.0277. The van der Waals surface area contributed by atoms with E-state index in [-0.39, 0.29) is 11.9 Å². The predicted octanol–water partition coefficient (Wildman–Crippen LogP) is 4.10. The Kier molecular flexibility index (Phi) is 4.69. The van der Waals surface area contributed by atoms with E-state index < -0.39 is 0 Å². The highest BCUT2D eigenvalue weighted by Crippen LogP contribution is 2.34. The molecule has 1 aromatic rings. The maximum atomic E-state index is 11.7. The Morgan fingerprint density at radius 1 is 1.20 bits per heavy atom. The van der Waals surface area contributed by atoms with E-state index in [2.05, 4.69) is 13.8 Å². The summed E-state index contributed by atoms with van der Waals surface area (Å²) in [4.78, 5) is 11.7. The van der Waals surface area contributed by atoms with Gasteiger partial charge in [0.15, 0.2) is 5.78 Å². The van der Waals surface area contributed by atoms with Gasteiger partial charge in [-0.3, -0.25) is 4.79 Å². The van der Waals surface area contributed by atoms with Crippen LogP contribution < -0.4 is 9.47 Å². The minimum atomic E-state index is 0.0277. The standard InChI is InChI=1S/C17H24O3/c1-11-5-6-15(9-12(11)2)20-17-10-14(19-4)7-8-16(17)13(3)18/h7-8,10-12,15H,5-6,9H2,1-4H3. The number of ether oxygens (including phenoxy) is 2. The van der Waals surface area contributed by atoms with Gasteiger partial charge in [0.1, 0.15) is 11.5 Å². The van der Waals surface area contributed by atoms with Gasteiger partial charge >= 0.3 is 0 Å². The van der Waals surface area contributed by atoms with Gasteiger partial charge in [-0.05, 0) is 50.2 Å². The van der Waals surface area contributed by atoms with Gasteiger partial charge < -0.3 is 9.47 Å². The lowest BCUT2D eigenvalue weighted by molar-refractivity contribution is 0.0938. The van der Waals surface area contributed by atoms with Crippen molar-refractivity contribution in [2.45, 2.75) is 46.1 Å². The van der Waals surface area contributed by atoms with Crippen LogP contribution in [-0.4, -0.2) is 19.0 Å². The molecule has 2 rings (SSSR count). The highest BCUT2D eigenvalue weighted by Gasteiger charge is 2.26. The fourth-order valence-corrected chi connectivity index (χ4v) is 2.80. The summed E-state index contributed by atoms with van der Waals surface area (Å²) in [6.45, 7) is 6.14. The van der Waals surface area contributed by atoms with Gasteiger partial charge in [-0.25, -0.2) is 0 Å². The lowest BCUT2D eigenvalue weighted by Crippen LogP contribution is -2.29. The molecule has 1 aliphatic rings. The Balaban J connectivity index is 2.17. The first-order valence-corrected chi connectivity index (χ1v) is 7.37. The summed E-state index contributed by atoms with van der Waals surface area (Å²) in [5, 5.41) is 0. The minimum Gasteiger partial charge on any atom is -0.497 e. The SMILES string of the molecule is COc1ccc(C(C)=O)c(OC2CCC(C)C(C)C2)c1. The molecule has 0 N–H and O–H groups in total. The topological polar surface area (TPSA) is 35.5 Å². The lowest BCUT2D eigenvalue weighted by atomic mass is 9.80. The molecule has 0 aliphatic heterocycles. The van der Waals surface area contributed by atoms with Crippen molar-refractivity contribution >= 4 is 5.78 Å². The van der Waals surface area contributed by atoms with Crippen LogP contribution in [0.3, 0.4) is 0 Å². The van der Waals surface area contributed by atoms with Crippen molar-refractivity contribution in [3.8, 4) is 11.5 Å². The van der Waals surface area contributed by atoms with E-state index in [0.717, 1.165) is 24.5 Å². The third kappa shape index (κ3) is 3.33. The molecule has 0 radical (unpaired) electrons. The second-order valence-electron chi connectivity index (χ2n) is 5.93. The van der Waals surface area contributed by atoms with Crippen LogP contribution in [-0.2, 0) is 0 Å². The van der Waals surface area contributed by atoms with Crippen molar-refractivity contribution in [2.24, 2.45) is 11.8 Å². The van der Waals surface area contributed by atoms with Crippen LogP contribution in [0, 0.1) is 11.8 Å². The molecule has 0 heterocycles. The number of benzene rings is 1. The molecule has 0 amide bonds. The first-order valence-electron chi connectivity index (χ1n) is 7.37. The highest BCUT2D eigenvalue weighted by atomic mass is 16.5. The molecule has 3 atom stereocenters. The molecule has 0 saturated heterocycles. The van der Waals surface area contributed by atoms with Crippen LogP contribution in [0.15, 0.2) is 18.2 Å². The van der Waals surface area contributed by atoms with E-state index in [1.54, 1.807) is 26.2 Å². The van der Waals surface area contributed by atoms with Gasteiger partial charge in [-0.15, -0.1) is 0 Å². The zero-order valence-electron chi connectivity index (χ0n) is 12.8. The zero-order chi connectivity index (χ0) is 14.7. The first kappa shape index (κ1) is 14.9. The molecule has 0 aromatic heterocycles. The van der Waals surface area contributed by atoms with Gasteiger partial charge in [0.2, 0.25) is 0 Å². The van der Waals surface area contributed by atoms with E-state index in [9.17, 15) is 4.79 Å². The number of hydrogen-bond acceptors (Lipinski definition) is 3. The molecule has 0 bridgehead atoms. The Morgan fingerprint density at radius 3 is 2.55 bits per heavy atom. The summed E-state index contributed by atoms with van der Waals surface area (Å²) in [6.07, 6.45) is 3.49. The summed E-state index contributed by atoms with van der Waals surface area (Å²) < 4.78 is 11.3. The third-order valence-corrected chi connectivity index (χ3v) is 4.41. The van der Waals surface area contributed by atoms with Gasteiger partial charge in [-0.1, -0.05) is 13.8 Å². The number of hydrogen-bond donors (Lipinski definition) is 0. The molecule has 3 heteroatoms. The molecule has 1 saturated carbocycles. The Hall–Kier alpha value is -1.51. The van der Waals surface area contributed by atoms with E-state index >= 15 is 0 Å². The van der Waals surface area contributed by atoms with Crippen molar-refractivity contribution in [1.29, 1.82) is 0 Å². The second-order valence-corrected chi connectivity index (χ2v) is 5.93. The normalized spacial score (nSPS) is 26.1. The Bertz CT molecular complexity index is 481. The van der Waals surface area contributed by atoms with Crippen molar-refractivity contribution in [2.75, 3.05) is 7.11 Å². The summed E-state index contributed by atoms with van der Waals surface area (Å²) in [5.74, 6) is 2.83. The summed E-state index contributed by atoms with van der Waals surface area (Å²) >= 11 is 0. The second kappa shape index (κ2) is 6.29. The molecular weight excluding hydrogens is 252 g/mol. The summed E-state index contributed by atoms with van der Waals surface area (Å²) in [6, 6.07) is 5.40. The maximum absolute atomic E-state index is 11.7. The Labute approximate surface area is 121 Å². The van der Waals surface area contributed by atoms with Crippen molar-refractivity contribution in [3.05, 3.63) is 23.8 Å². The molecule has 1 aliphatic carbocycles. The van der Waals surface area contributed by atoms with Crippen molar-refractivity contribution in [3.63, 3.8) is 0 Å². The number of Topliss-reactive ketones (excluding diaryl/α,β-unsaturated/α-hetero) is 1. The van der Waals surface area contributed by atoms with Crippen LogP contribution in [0.4, 0.5) is 0 Å². The molecular formula is C17H24O3. The largest absolute Gasteiger partial charge is 0.497 e. The molecule has 1 aromatic carbocycles. The lowest BCUT2D eigenvalue weighted by Gasteiger charge is -2.32. The molecule has 0 spiro atoms. The van der Waals surface area contributed by atoms with Crippen LogP contribution in [0.1, 0.15) is 50.4 Å². The fraction of sp³-hybridized carbons (Fsp3) is 0.588. The first-order chi connectivity index (χ1) is 9.51. The van der Waals surface area contributed by atoms with Crippen LogP contribution in [0.2, 0.25) is 0 Å². The van der Waals surface area contributed by atoms with Crippen LogP contribution in [0.5, 0.6) is 11.5 Å². The van der Waals surface area contributed by atoms with Crippen molar-refractivity contribution < 1.29 is 14.3 Å². The average Bonchev–Trinajstić information content (AvgIpc) is 2.42. The van der Waals surface area contributed by atoms with Gasteiger partial charge in [0.25, 0.3) is 0 Å². The smallest absolute Gasteiger partial charge is 0.163 e.